The van der Waals surface area contributed by atoms with E-state index in [2.05, 4.69) is 0 Å². The third kappa shape index (κ3) is 2.69. The highest BCUT2D eigenvalue weighted by molar-refractivity contribution is 6.07. The Hall–Kier alpha value is -2.34. The summed E-state index contributed by atoms with van der Waals surface area (Å²) >= 11 is 0. The summed E-state index contributed by atoms with van der Waals surface area (Å²) in [5, 5.41) is 9.78. The van der Waals surface area contributed by atoms with Crippen LogP contribution in [0.1, 0.15) is 16.8 Å². The maximum atomic E-state index is 12.8. The van der Waals surface area contributed by atoms with Crippen LogP contribution in [-0.2, 0) is 16.6 Å². The predicted octanol–water partition coefficient (Wildman–Crippen LogP) is 1.49. The molecule has 0 saturated carbocycles. The van der Waals surface area contributed by atoms with Crippen LogP contribution in [0.15, 0.2) is 30.5 Å². The van der Waals surface area contributed by atoms with Crippen LogP contribution in [0.4, 0.5) is 0 Å². The van der Waals surface area contributed by atoms with Crippen molar-refractivity contribution in [2.45, 2.75) is 12.5 Å². The minimum atomic E-state index is -0.913. The molecule has 1 aliphatic rings. The Balaban J connectivity index is 1.85. The fourth-order valence-electron chi connectivity index (χ4n) is 2.90. The van der Waals surface area contributed by atoms with Crippen LogP contribution in [0.3, 0.4) is 0 Å². The number of hydrogen-bond donors (Lipinski definition) is 1. The van der Waals surface area contributed by atoms with E-state index in [-0.39, 0.29) is 12.3 Å². The molecule has 6 heteroatoms. The lowest BCUT2D eigenvalue weighted by molar-refractivity contribution is -0.141. The fourth-order valence-corrected chi connectivity index (χ4v) is 2.90. The molecular formula is C16H18N2O4. The van der Waals surface area contributed by atoms with Crippen LogP contribution in [0.5, 0.6) is 0 Å². The number of aromatic nitrogens is 1. The van der Waals surface area contributed by atoms with Gasteiger partial charge in [0, 0.05) is 37.2 Å². The number of aliphatic carboxylic acids is 1. The molecule has 0 spiro atoms. The van der Waals surface area contributed by atoms with Gasteiger partial charge in [0.2, 0.25) is 0 Å². The van der Waals surface area contributed by atoms with E-state index in [0.29, 0.717) is 25.3 Å². The van der Waals surface area contributed by atoms with Crippen molar-refractivity contribution in [3.8, 4) is 0 Å². The predicted molar refractivity (Wildman–Crippen MR) is 80.8 cm³/mol. The van der Waals surface area contributed by atoms with Gasteiger partial charge in [0.25, 0.3) is 5.91 Å². The van der Waals surface area contributed by atoms with E-state index in [0.717, 1.165) is 10.9 Å². The lowest BCUT2D eigenvalue weighted by Crippen LogP contribution is -2.46. The third-order valence-corrected chi connectivity index (χ3v) is 3.96. The largest absolute Gasteiger partial charge is 0.481 e. The number of morpholine rings is 1. The Morgan fingerprint density at radius 3 is 2.91 bits per heavy atom. The number of carbonyl (C=O) groups is 2. The van der Waals surface area contributed by atoms with Gasteiger partial charge < -0.3 is 19.3 Å². The average molecular weight is 302 g/mol. The van der Waals surface area contributed by atoms with Crippen molar-refractivity contribution >= 4 is 22.8 Å². The fraction of sp³-hybridized carbons (Fsp3) is 0.375. The summed E-state index contributed by atoms with van der Waals surface area (Å²) in [6.45, 7) is 1.17. The van der Waals surface area contributed by atoms with Crippen molar-refractivity contribution in [2.75, 3.05) is 19.7 Å². The number of para-hydroxylation sites is 1. The zero-order valence-corrected chi connectivity index (χ0v) is 12.4. The van der Waals surface area contributed by atoms with Crippen molar-refractivity contribution in [3.63, 3.8) is 0 Å². The van der Waals surface area contributed by atoms with E-state index < -0.39 is 12.1 Å². The Bertz CT molecular complexity index is 722. The summed E-state index contributed by atoms with van der Waals surface area (Å²) in [6.07, 6.45) is 1.30. The van der Waals surface area contributed by atoms with Crippen LogP contribution >= 0.6 is 0 Å². The van der Waals surface area contributed by atoms with Crippen molar-refractivity contribution in [1.82, 2.24) is 9.47 Å². The van der Waals surface area contributed by atoms with Gasteiger partial charge in [-0.05, 0) is 6.07 Å². The first-order valence-electron chi connectivity index (χ1n) is 7.23. The molecule has 0 bridgehead atoms. The van der Waals surface area contributed by atoms with E-state index in [4.69, 9.17) is 9.84 Å². The SMILES string of the molecule is Cn1cc(C(=O)N2CCO[C@H](CC(=O)O)C2)c2ccccc21. The molecule has 22 heavy (non-hydrogen) atoms. The number of benzene rings is 1. The molecule has 1 amide bonds. The molecule has 2 heterocycles. The number of amides is 1. The average Bonchev–Trinajstić information content (AvgIpc) is 2.84. The van der Waals surface area contributed by atoms with E-state index in [1.165, 1.54) is 0 Å². The molecule has 1 N–H and O–H groups in total. The first-order valence-corrected chi connectivity index (χ1v) is 7.23. The Morgan fingerprint density at radius 1 is 1.36 bits per heavy atom. The number of hydrogen-bond acceptors (Lipinski definition) is 3. The highest BCUT2D eigenvalue weighted by atomic mass is 16.5. The monoisotopic (exact) mass is 302 g/mol. The molecule has 0 aliphatic carbocycles. The summed E-state index contributed by atoms with van der Waals surface area (Å²) in [5.41, 5.74) is 1.65. The number of nitrogens with zero attached hydrogens (tertiary/aromatic N) is 2. The first-order chi connectivity index (χ1) is 10.6. The molecule has 1 aromatic heterocycles. The number of aryl methyl sites for hydroxylation is 1. The summed E-state index contributed by atoms with van der Waals surface area (Å²) in [4.78, 5) is 25.3. The van der Waals surface area contributed by atoms with E-state index in [1.54, 1.807) is 4.90 Å². The second kappa shape index (κ2) is 5.81. The molecule has 1 aromatic carbocycles. The van der Waals surface area contributed by atoms with Crippen LogP contribution in [0.25, 0.3) is 10.9 Å². The van der Waals surface area contributed by atoms with Gasteiger partial charge in [0.05, 0.1) is 24.7 Å². The molecule has 3 rings (SSSR count). The van der Waals surface area contributed by atoms with Gasteiger partial charge >= 0.3 is 5.97 Å². The van der Waals surface area contributed by atoms with Crippen molar-refractivity contribution in [3.05, 3.63) is 36.0 Å². The lowest BCUT2D eigenvalue weighted by atomic mass is 10.1. The Morgan fingerprint density at radius 2 is 2.14 bits per heavy atom. The smallest absolute Gasteiger partial charge is 0.306 e. The molecule has 1 saturated heterocycles. The number of carbonyl (C=O) groups excluding carboxylic acids is 1. The molecule has 2 aromatic rings. The van der Waals surface area contributed by atoms with Crippen LogP contribution in [-0.4, -0.2) is 52.3 Å². The zero-order valence-electron chi connectivity index (χ0n) is 12.4. The Kier molecular flexibility index (Phi) is 3.85. The van der Waals surface area contributed by atoms with Gasteiger partial charge in [-0.3, -0.25) is 9.59 Å². The lowest BCUT2D eigenvalue weighted by Gasteiger charge is -2.32. The first kappa shape index (κ1) is 14.6. The molecule has 1 aliphatic heterocycles. The number of ether oxygens (including phenoxy) is 1. The standard InChI is InChI=1S/C16H18N2O4/c1-17-10-13(12-4-2-3-5-14(12)17)16(21)18-6-7-22-11(9-18)8-15(19)20/h2-5,10-11H,6-9H2,1H3,(H,19,20)/t11-/m1/s1. The summed E-state index contributed by atoms with van der Waals surface area (Å²) < 4.78 is 7.35. The molecular weight excluding hydrogens is 284 g/mol. The second-order valence-corrected chi connectivity index (χ2v) is 5.51. The molecule has 116 valence electrons. The van der Waals surface area contributed by atoms with Crippen LogP contribution in [0.2, 0.25) is 0 Å². The molecule has 6 nitrogen and oxygen atoms in total. The number of carboxylic acid groups (broad SMARTS) is 1. The van der Waals surface area contributed by atoms with Gasteiger partial charge in [-0.1, -0.05) is 18.2 Å². The minimum absolute atomic E-state index is 0.0736. The van der Waals surface area contributed by atoms with Crippen molar-refractivity contribution in [2.24, 2.45) is 7.05 Å². The highest BCUT2D eigenvalue weighted by Gasteiger charge is 2.28. The summed E-state index contributed by atoms with van der Waals surface area (Å²) in [6, 6.07) is 7.75. The van der Waals surface area contributed by atoms with Gasteiger partial charge in [-0.15, -0.1) is 0 Å². The normalized spacial score (nSPS) is 18.6. The van der Waals surface area contributed by atoms with Crippen LogP contribution < -0.4 is 0 Å². The maximum Gasteiger partial charge on any atom is 0.306 e. The Labute approximate surface area is 127 Å². The highest BCUT2D eigenvalue weighted by Crippen LogP contribution is 2.23. The minimum Gasteiger partial charge on any atom is -0.481 e. The maximum absolute atomic E-state index is 12.8. The van der Waals surface area contributed by atoms with E-state index in [1.807, 2.05) is 42.1 Å². The number of rotatable bonds is 3. The number of carboxylic acids is 1. The summed E-state index contributed by atoms with van der Waals surface area (Å²) in [7, 11) is 1.91. The van der Waals surface area contributed by atoms with E-state index >= 15 is 0 Å². The van der Waals surface area contributed by atoms with Gasteiger partial charge in [0.15, 0.2) is 0 Å². The molecule has 0 radical (unpaired) electrons. The van der Waals surface area contributed by atoms with Crippen LogP contribution in [0, 0.1) is 0 Å². The number of fused-ring (bicyclic) bond motifs is 1. The second-order valence-electron chi connectivity index (χ2n) is 5.51. The topological polar surface area (TPSA) is 71.8 Å². The van der Waals surface area contributed by atoms with Gasteiger partial charge in [-0.2, -0.15) is 0 Å². The molecule has 1 fully saturated rings. The quantitative estimate of drug-likeness (QED) is 0.932. The molecule has 1 atom stereocenters. The third-order valence-electron chi connectivity index (χ3n) is 3.96. The summed E-state index contributed by atoms with van der Waals surface area (Å²) in [5.74, 6) is -0.986. The van der Waals surface area contributed by atoms with E-state index in [9.17, 15) is 9.59 Å². The van der Waals surface area contributed by atoms with Crippen molar-refractivity contribution < 1.29 is 19.4 Å². The molecule has 0 unspecified atom stereocenters. The van der Waals surface area contributed by atoms with Gasteiger partial charge in [0.1, 0.15) is 0 Å². The van der Waals surface area contributed by atoms with Gasteiger partial charge in [-0.25, -0.2) is 0 Å². The zero-order chi connectivity index (χ0) is 15.7. The van der Waals surface area contributed by atoms with Crippen molar-refractivity contribution in [1.29, 1.82) is 0 Å².